The molecule has 0 spiro atoms. The van der Waals surface area contributed by atoms with Crippen molar-refractivity contribution in [3.63, 3.8) is 0 Å². The Bertz CT molecular complexity index is 713. The zero-order valence-electron chi connectivity index (χ0n) is 15.1. The Labute approximate surface area is 155 Å². The van der Waals surface area contributed by atoms with Crippen molar-refractivity contribution in [1.82, 2.24) is 9.80 Å². The van der Waals surface area contributed by atoms with Gasteiger partial charge in [-0.2, -0.15) is 0 Å². The minimum atomic E-state index is 0.0533. The largest absolute Gasteiger partial charge is 0.484 e. The molecule has 4 nitrogen and oxygen atoms in total. The van der Waals surface area contributed by atoms with Crippen molar-refractivity contribution in [2.24, 2.45) is 0 Å². The maximum Gasteiger partial charge on any atom is 0.260 e. The number of hydrogen-bond acceptors (Lipinski definition) is 3. The average molecular weight is 350 g/mol. The van der Waals surface area contributed by atoms with Gasteiger partial charge in [-0.1, -0.05) is 48.5 Å². The summed E-state index contributed by atoms with van der Waals surface area (Å²) < 4.78 is 5.71. The summed E-state index contributed by atoms with van der Waals surface area (Å²) in [4.78, 5) is 16.7. The van der Waals surface area contributed by atoms with E-state index in [1.807, 2.05) is 53.4 Å². The van der Waals surface area contributed by atoms with Crippen LogP contribution in [0.4, 0.5) is 0 Å². The second kappa shape index (κ2) is 9.20. The molecule has 1 fully saturated rings. The Kier molecular flexibility index (Phi) is 6.45. The third-order valence-electron chi connectivity index (χ3n) is 4.65. The van der Waals surface area contributed by atoms with E-state index < -0.39 is 0 Å². The molecule has 1 aliphatic heterocycles. The van der Waals surface area contributed by atoms with E-state index >= 15 is 0 Å². The van der Waals surface area contributed by atoms with Crippen molar-refractivity contribution in [3.8, 4) is 16.9 Å². The molecular formula is C22H26N2O2. The highest BCUT2D eigenvalue weighted by molar-refractivity contribution is 5.77. The van der Waals surface area contributed by atoms with Gasteiger partial charge in [0.15, 0.2) is 6.61 Å². The van der Waals surface area contributed by atoms with Crippen molar-refractivity contribution in [3.05, 3.63) is 67.3 Å². The molecule has 4 heteroatoms. The summed E-state index contributed by atoms with van der Waals surface area (Å²) in [6.45, 7) is 8.21. The number of carbonyl (C=O) groups excluding carboxylic acids is 1. The summed E-state index contributed by atoms with van der Waals surface area (Å²) in [5.74, 6) is 0.777. The fourth-order valence-corrected chi connectivity index (χ4v) is 3.20. The van der Waals surface area contributed by atoms with E-state index in [-0.39, 0.29) is 12.5 Å². The minimum Gasteiger partial charge on any atom is -0.484 e. The van der Waals surface area contributed by atoms with Crippen LogP contribution in [0.25, 0.3) is 11.1 Å². The van der Waals surface area contributed by atoms with E-state index in [1.54, 1.807) is 0 Å². The van der Waals surface area contributed by atoms with Crippen molar-refractivity contribution in [2.45, 2.75) is 6.42 Å². The van der Waals surface area contributed by atoms with Crippen LogP contribution < -0.4 is 4.74 Å². The molecule has 0 aromatic heterocycles. The summed E-state index contributed by atoms with van der Waals surface area (Å²) in [7, 11) is 0. The van der Waals surface area contributed by atoms with Crippen molar-refractivity contribution in [1.29, 1.82) is 0 Å². The summed E-state index contributed by atoms with van der Waals surface area (Å²) in [5, 5.41) is 0. The van der Waals surface area contributed by atoms with Crippen LogP contribution in [0, 0.1) is 0 Å². The first kappa shape index (κ1) is 18.2. The molecule has 0 unspecified atom stereocenters. The molecular weight excluding hydrogens is 324 g/mol. The summed E-state index contributed by atoms with van der Waals surface area (Å²) in [6.07, 6.45) is 2.91. The first-order chi connectivity index (χ1) is 12.8. The molecule has 3 rings (SSSR count). The Morgan fingerprint density at radius 3 is 2.42 bits per heavy atom. The summed E-state index contributed by atoms with van der Waals surface area (Å²) >= 11 is 0. The van der Waals surface area contributed by atoms with Crippen LogP contribution in [0.3, 0.4) is 0 Å². The van der Waals surface area contributed by atoms with Gasteiger partial charge >= 0.3 is 0 Å². The highest BCUT2D eigenvalue weighted by atomic mass is 16.5. The molecule has 0 radical (unpaired) electrons. The van der Waals surface area contributed by atoms with E-state index in [0.717, 1.165) is 50.5 Å². The van der Waals surface area contributed by atoms with Crippen LogP contribution >= 0.6 is 0 Å². The molecule has 1 heterocycles. The van der Waals surface area contributed by atoms with Crippen LogP contribution in [0.5, 0.6) is 5.75 Å². The fraction of sp³-hybridized carbons (Fsp3) is 0.318. The normalized spacial score (nSPS) is 15.3. The molecule has 0 N–H and O–H groups in total. The van der Waals surface area contributed by atoms with Crippen molar-refractivity contribution >= 4 is 5.91 Å². The fourth-order valence-electron chi connectivity index (χ4n) is 3.20. The number of nitrogens with zero attached hydrogens (tertiary/aromatic N) is 2. The average Bonchev–Trinajstić information content (AvgIpc) is 2.93. The third-order valence-corrected chi connectivity index (χ3v) is 4.65. The molecule has 0 atom stereocenters. The van der Waals surface area contributed by atoms with Gasteiger partial charge in [0.2, 0.25) is 0 Å². The number of amides is 1. The van der Waals surface area contributed by atoms with E-state index in [1.165, 1.54) is 5.56 Å². The zero-order chi connectivity index (χ0) is 18.2. The molecule has 1 amide bonds. The van der Waals surface area contributed by atoms with E-state index in [9.17, 15) is 4.79 Å². The van der Waals surface area contributed by atoms with E-state index in [2.05, 4.69) is 23.6 Å². The van der Waals surface area contributed by atoms with Crippen LogP contribution in [0.15, 0.2) is 67.3 Å². The summed E-state index contributed by atoms with van der Waals surface area (Å²) in [6, 6.07) is 18.1. The molecule has 0 bridgehead atoms. The van der Waals surface area contributed by atoms with Gasteiger partial charge in [0, 0.05) is 32.7 Å². The molecule has 26 heavy (non-hydrogen) atoms. The molecule has 0 saturated carbocycles. The third kappa shape index (κ3) is 4.96. The Morgan fingerprint density at radius 1 is 0.962 bits per heavy atom. The lowest BCUT2D eigenvalue weighted by Gasteiger charge is -2.21. The highest BCUT2D eigenvalue weighted by Gasteiger charge is 2.18. The second-order valence-electron chi connectivity index (χ2n) is 6.50. The lowest BCUT2D eigenvalue weighted by Crippen LogP contribution is -2.38. The number of ether oxygens (including phenoxy) is 1. The Morgan fingerprint density at radius 2 is 1.69 bits per heavy atom. The first-order valence-corrected chi connectivity index (χ1v) is 9.15. The number of carbonyl (C=O) groups is 1. The smallest absolute Gasteiger partial charge is 0.260 e. The molecule has 1 saturated heterocycles. The van der Waals surface area contributed by atoms with Gasteiger partial charge in [-0.05, 0) is 29.7 Å². The monoisotopic (exact) mass is 350 g/mol. The highest BCUT2D eigenvalue weighted by Crippen LogP contribution is 2.22. The van der Waals surface area contributed by atoms with Crippen molar-refractivity contribution in [2.75, 3.05) is 39.3 Å². The molecule has 1 aliphatic rings. The second-order valence-corrected chi connectivity index (χ2v) is 6.50. The maximum atomic E-state index is 12.4. The lowest BCUT2D eigenvalue weighted by molar-refractivity contribution is -0.133. The Hall–Kier alpha value is -2.59. The lowest BCUT2D eigenvalue weighted by atomic mass is 10.1. The van der Waals surface area contributed by atoms with Gasteiger partial charge in [0.25, 0.3) is 5.91 Å². The number of rotatable bonds is 6. The first-order valence-electron chi connectivity index (χ1n) is 9.15. The van der Waals surface area contributed by atoms with Crippen LogP contribution in [-0.4, -0.2) is 55.0 Å². The van der Waals surface area contributed by atoms with Crippen molar-refractivity contribution < 1.29 is 9.53 Å². The van der Waals surface area contributed by atoms with E-state index in [4.69, 9.17) is 4.74 Å². The van der Waals surface area contributed by atoms with Gasteiger partial charge < -0.3 is 9.64 Å². The summed E-state index contributed by atoms with van der Waals surface area (Å²) in [5.41, 5.74) is 2.31. The van der Waals surface area contributed by atoms with Gasteiger partial charge in [0.05, 0.1) is 0 Å². The predicted octanol–water partition coefficient (Wildman–Crippen LogP) is 3.45. The number of hydrogen-bond donors (Lipinski definition) is 0. The molecule has 0 aliphatic carbocycles. The molecule has 136 valence electrons. The maximum absolute atomic E-state index is 12.4. The zero-order valence-corrected chi connectivity index (χ0v) is 15.1. The van der Waals surface area contributed by atoms with Gasteiger partial charge in [-0.3, -0.25) is 9.69 Å². The number of benzene rings is 2. The van der Waals surface area contributed by atoms with Gasteiger partial charge in [-0.25, -0.2) is 0 Å². The molecule has 2 aromatic carbocycles. The predicted molar refractivity (Wildman–Crippen MR) is 105 cm³/mol. The van der Waals surface area contributed by atoms with Crippen LogP contribution in [0.2, 0.25) is 0 Å². The minimum absolute atomic E-state index is 0.0533. The topological polar surface area (TPSA) is 32.8 Å². The van der Waals surface area contributed by atoms with Gasteiger partial charge in [-0.15, -0.1) is 6.58 Å². The van der Waals surface area contributed by atoms with Crippen LogP contribution in [-0.2, 0) is 4.79 Å². The molecule has 2 aromatic rings. The van der Waals surface area contributed by atoms with Gasteiger partial charge in [0.1, 0.15) is 5.75 Å². The standard InChI is InChI=1S/C22H26N2O2/c1-2-13-23-14-6-15-24(17-16-23)22(25)18-26-21-11-9-20(10-12-21)19-7-4-3-5-8-19/h2-5,7-12H,1,6,13-18H2. The SMILES string of the molecule is C=CCN1CCCN(C(=O)COc2ccc(-c3ccccc3)cc2)CC1. The van der Waals surface area contributed by atoms with E-state index in [0.29, 0.717) is 0 Å². The quantitative estimate of drug-likeness (QED) is 0.748. The van der Waals surface area contributed by atoms with Crippen LogP contribution in [0.1, 0.15) is 6.42 Å². The Balaban J connectivity index is 1.50.